The summed E-state index contributed by atoms with van der Waals surface area (Å²) in [5.41, 5.74) is 8.09. The minimum absolute atomic E-state index is 0.521. The maximum Gasteiger partial charge on any atom is 0.123 e. The quantitative estimate of drug-likeness (QED) is 0.785. The van der Waals surface area contributed by atoms with Gasteiger partial charge in [0.2, 0.25) is 0 Å². The summed E-state index contributed by atoms with van der Waals surface area (Å²) < 4.78 is 5.77. The van der Waals surface area contributed by atoms with Crippen LogP contribution in [0.3, 0.4) is 0 Å². The fraction of sp³-hybridized carbons (Fsp3) is 0.250. The molecule has 0 spiro atoms. The lowest BCUT2D eigenvalue weighted by molar-refractivity contribution is 0.340. The van der Waals surface area contributed by atoms with E-state index in [0.717, 1.165) is 22.8 Å². The lowest BCUT2D eigenvalue weighted by atomic mass is 10.2. The molecule has 2 aromatic rings. The number of rotatable bonds is 7. The van der Waals surface area contributed by atoms with Crippen molar-refractivity contribution in [3.8, 4) is 5.75 Å². The van der Waals surface area contributed by atoms with Gasteiger partial charge in [0, 0.05) is 23.6 Å². The van der Waals surface area contributed by atoms with E-state index in [4.69, 9.17) is 10.5 Å². The van der Waals surface area contributed by atoms with E-state index in [0.29, 0.717) is 13.2 Å². The minimum atomic E-state index is 0.521. The number of nitrogens with two attached hydrogens (primary N) is 1. The highest BCUT2D eigenvalue weighted by atomic mass is 32.2. The third-order valence-corrected chi connectivity index (χ3v) is 3.78. The summed E-state index contributed by atoms with van der Waals surface area (Å²) in [4.78, 5) is 0. The van der Waals surface area contributed by atoms with Gasteiger partial charge in [0.05, 0.1) is 6.61 Å². The van der Waals surface area contributed by atoms with Crippen LogP contribution in [-0.4, -0.2) is 12.4 Å². The van der Waals surface area contributed by atoms with Crippen LogP contribution in [0.25, 0.3) is 0 Å². The summed E-state index contributed by atoms with van der Waals surface area (Å²) in [6.45, 7) is 1.24. The summed E-state index contributed by atoms with van der Waals surface area (Å²) in [7, 11) is 0. The number of hydrogen-bond acceptors (Lipinski definition) is 3. The largest absolute Gasteiger partial charge is 0.492 e. The number of benzene rings is 2. The predicted octanol–water partition coefficient (Wildman–Crippen LogP) is 3.46. The Labute approximate surface area is 119 Å². The van der Waals surface area contributed by atoms with E-state index in [1.54, 1.807) is 0 Å². The summed E-state index contributed by atoms with van der Waals surface area (Å²) in [6.07, 6.45) is 0. The van der Waals surface area contributed by atoms with E-state index in [9.17, 15) is 0 Å². The van der Waals surface area contributed by atoms with Gasteiger partial charge in [-0.15, -0.1) is 0 Å². The van der Waals surface area contributed by atoms with Crippen LogP contribution in [0.15, 0.2) is 54.6 Å². The van der Waals surface area contributed by atoms with Crippen molar-refractivity contribution in [2.24, 2.45) is 5.73 Å². The molecule has 2 aromatic carbocycles. The standard InChI is InChI=1S/C16H19NOS/c17-12-15-8-4-5-9-16(15)18-10-11-19-13-14-6-2-1-3-7-14/h1-9H,10-13,17H2. The average molecular weight is 273 g/mol. The van der Waals surface area contributed by atoms with Crippen LogP contribution < -0.4 is 10.5 Å². The van der Waals surface area contributed by atoms with Gasteiger partial charge in [-0.2, -0.15) is 11.8 Å². The van der Waals surface area contributed by atoms with E-state index in [1.807, 2.05) is 42.1 Å². The monoisotopic (exact) mass is 273 g/mol. The van der Waals surface area contributed by atoms with Crippen molar-refractivity contribution in [3.63, 3.8) is 0 Å². The Balaban J connectivity index is 1.69. The maximum atomic E-state index is 5.77. The summed E-state index contributed by atoms with van der Waals surface area (Å²) in [5.74, 6) is 2.92. The van der Waals surface area contributed by atoms with Gasteiger partial charge in [-0.05, 0) is 11.6 Å². The van der Waals surface area contributed by atoms with Crippen molar-refractivity contribution >= 4 is 11.8 Å². The van der Waals surface area contributed by atoms with Gasteiger partial charge in [-0.3, -0.25) is 0 Å². The molecule has 0 radical (unpaired) electrons. The third-order valence-electron chi connectivity index (χ3n) is 2.79. The molecule has 0 aliphatic heterocycles. The first-order chi connectivity index (χ1) is 9.40. The fourth-order valence-corrected chi connectivity index (χ4v) is 2.56. The fourth-order valence-electron chi connectivity index (χ4n) is 1.79. The Morgan fingerprint density at radius 1 is 0.947 bits per heavy atom. The zero-order valence-electron chi connectivity index (χ0n) is 10.9. The van der Waals surface area contributed by atoms with E-state index in [2.05, 4.69) is 24.3 Å². The van der Waals surface area contributed by atoms with Gasteiger partial charge in [0.1, 0.15) is 5.75 Å². The van der Waals surface area contributed by atoms with Crippen molar-refractivity contribution in [1.82, 2.24) is 0 Å². The number of thioether (sulfide) groups is 1. The second-order valence-corrected chi connectivity index (χ2v) is 5.30. The molecule has 0 aliphatic rings. The lowest BCUT2D eigenvalue weighted by Gasteiger charge is -2.09. The molecule has 0 aromatic heterocycles. The first-order valence-corrected chi connectivity index (χ1v) is 7.58. The first kappa shape index (κ1) is 14.0. The van der Waals surface area contributed by atoms with Gasteiger partial charge < -0.3 is 10.5 Å². The van der Waals surface area contributed by atoms with Gasteiger partial charge >= 0.3 is 0 Å². The molecule has 2 rings (SSSR count). The number of ether oxygens (including phenoxy) is 1. The Bertz CT molecular complexity index is 487. The summed E-state index contributed by atoms with van der Waals surface area (Å²) in [5, 5.41) is 0. The minimum Gasteiger partial charge on any atom is -0.492 e. The van der Waals surface area contributed by atoms with E-state index in [1.165, 1.54) is 5.56 Å². The Hall–Kier alpha value is -1.45. The average Bonchev–Trinajstić information content (AvgIpc) is 2.48. The third kappa shape index (κ3) is 4.62. The molecule has 0 unspecified atom stereocenters. The zero-order valence-corrected chi connectivity index (χ0v) is 11.7. The SMILES string of the molecule is NCc1ccccc1OCCSCc1ccccc1. The predicted molar refractivity (Wildman–Crippen MR) is 82.4 cm³/mol. The second kappa shape index (κ2) is 7.87. The topological polar surface area (TPSA) is 35.2 Å². The highest BCUT2D eigenvalue weighted by molar-refractivity contribution is 7.98. The molecule has 0 saturated carbocycles. The first-order valence-electron chi connectivity index (χ1n) is 6.42. The second-order valence-electron chi connectivity index (χ2n) is 4.20. The van der Waals surface area contributed by atoms with Crippen LogP contribution in [0.4, 0.5) is 0 Å². The normalized spacial score (nSPS) is 10.4. The molecular formula is C16H19NOS. The van der Waals surface area contributed by atoms with Crippen molar-refractivity contribution in [3.05, 3.63) is 65.7 Å². The molecule has 0 heterocycles. The molecular weight excluding hydrogens is 254 g/mol. The molecule has 2 N–H and O–H groups in total. The van der Waals surface area contributed by atoms with Crippen LogP contribution in [-0.2, 0) is 12.3 Å². The van der Waals surface area contributed by atoms with Crippen molar-refractivity contribution in [2.45, 2.75) is 12.3 Å². The smallest absolute Gasteiger partial charge is 0.123 e. The lowest BCUT2D eigenvalue weighted by Crippen LogP contribution is -2.05. The van der Waals surface area contributed by atoms with Crippen LogP contribution in [0.5, 0.6) is 5.75 Å². The Morgan fingerprint density at radius 3 is 2.47 bits per heavy atom. The van der Waals surface area contributed by atoms with E-state index < -0.39 is 0 Å². The molecule has 2 nitrogen and oxygen atoms in total. The molecule has 0 aliphatic carbocycles. The van der Waals surface area contributed by atoms with Gasteiger partial charge in [-0.25, -0.2) is 0 Å². The van der Waals surface area contributed by atoms with Crippen LogP contribution in [0.2, 0.25) is 0 Å². The van der Waals surface area contributed by atoms with Gasteiger partial charge in [0.25, 0.3) is 0 Å². The van der Waals surface area contributed by atoms with E-state index in [-0.39, 0.29) is 0 Å². The molecule has 19 heavy (non-hydrogen) atoms. The number of hydrogen-bond donors (Lipinski definition) is 1. The van der Waals surface area contributed by atoms with Crippen LogP contribution in [0.1, 0.15) is 11.1 Å². The Morgan fingerprint density at radius 2 is 1.68 bits per heavy atom. The maximum absolute atomic E-state index is 5.77. The molecule has 0 amide bonds. The highest BCUT2D eigenvalue weighted by Crippen LogP contribution is 2.18. The summed E-state index contributed by atoms with van der Waals surface area (Å²) >= 11 is 1.88. The number of para-hydroxylation sites is 1. The Kier molecular flexibility index (Phi) is 5.79. The zero-order chi connectivity index (χ0) is 13.3. The molecule has 0 bridgehead atoms. The molecule has 100 valence electrons. The summed E-state index contributed by atoms with van der Waals surface area (Å²) in [6, 6.07) is 18.4. The van der Waals surface area contributed by atoms with E-state index >= 15 is 0 Å². The van der Waals surface area contributed by atoms with Gasteiger partial charge in [0.15, 0.2) is 0 Å². The molecule has 0 atom stereocenters. The highest BCUT2D eigenvalue weighted by Gasteiger charge is 2.00. The van der Waals surface area contributed by atoms with Crippen LogP contribution in [0, 0.1) is 0 Å². The van der Waals surface area contributed by atoms with Crippen molar-refractivity contribution in [1.29, 1.82) is 0 Å². The molecule has 3 heteroatoms. The van der Waals surface area contributed by atoms with Crippen molar-refractivity contribution in [2.75, 3.05) is 12.4 Å². The molecule has 0 fully saturated rings. The van der Waals surface area contributed by atoms with Crippen LogP contribution >= 0.6 is 11.8 Å². The van der Waals surface area contributed by atoms with Crippen molar-refractivity contribution < 1.29 is 4.74 Å². The molecule has 0 saturated heterocycles. The van der Waals surface area contributed by atoms with Gasteiger partial charge in [-0.1, -0.05) is 48.5 Å².